The first-order valence-corrected chi connectivity index (χ1v) is 9.68. The molecule has 149 valence electrons. The number of carbonyl (C=O) groups excluding carboxylic acids is 2. The predicted molar refractivity (Wildman–Crippen MR) is 95.1 cm³/mol. The van der Waals surface area contributed by atoms with Gasteiger partial charge in [-0.05, 0) is 38.5 Å². The van der Waals surface area contributed by atoms with Gasteiger partial charge < -0.3 is 19.8 Å². The first-order chi connectivity index (χ1) is 11.3. The largest absolute Gasteiger partial charge is 2.00 e. The standard InChI is InChI=1S/2C10H20O2.Mn/c2*1-4-7-8-10(5-2,6-3)9(11)12;/h2*4-8H2,1-3H3,(H,11,12);/q;;+2/p-2. The van der Waals surface area contributed by atoms with E-state index in [0.29, 0.717) is 25.7 Å². The van der Waals surface area contributed by atoms with Gasteiger partial charge in [0.05, 0.1) is 0 Å². The summed E-state index contributed by atoms with van der Waals surface area (Å²) in [5.41, 5.74) is -1.12. The van der Waals surface area contributed by atoms with Crippen LogP contribution in [-0.4, -0.2) is 11.9 Å². The molecule has 0 heterocycles. The molecule has 0 saturated heterocycles. The van der Waals surface area contributed by atoms with Gasteiger partial charge >= 0.3 is 17.1 Å². The topological polar surface area (TPSA) is 80.3 Å². The second kappa shape index (κ2) is 15.7. The van der Waals surface area contributed by atoms with Crippen LogP contribution in [0.25, 0.3) is 0 Å². The van der Waals surface area contributed by atoms with Crippen molar-refractivity contribution >= 4 is 11.9 Å². The van der Waals surface area contributed by atoms with Gasteiger partial charge in [0.1, 0.15) is 0 Å². The Hall–Kier alpha value is -0.541. The number of rotatable bonds is 12. The normalized spacial score (nSPS) is 11.1. The van der Waals surface area contributed by atoms with Crippen molar-refractivity contribution in [3.05, 3.63) is 0 Å². The second-order valence-corrected chi connectivity index (χ2v) is 6.76. The van der Waals surface area contributed by atoms with Crippen LogP contribution in [-0.2, 0) is 26.7 Å². The maximum Gasteiger partial charge on any atom is 2.00 e. The summed E-state index contributed by atoms with van der Waals surface area (Å²) >= 11 is 0. The fourth-order valence-corrected chi connectivity index (χ4v) is 3.02. The van der Waals surface area contributed by atoms with Gasteiger partial charge in [0.25, 0.3) is 0 Å². The number of carboxylic acid groups (broad SMARTS) is 2. The Morgan fingerprint density at radius 3 is 1.00 bits per heavy atom. The van der Waals surface area contributed by atoms with Crippen LogP contribution >= 0.6 is 0 Å². The minimum absolute atomic E-state index is 0. The van der Waals surface area contributed by atoms with E-state index >= 15 is 0 Å². The van der Waals surface area contributed by atoms with E-state index in [2.05, 4.69) is 13.8 Å². The van der Waals surface area contributed by atoms with Crippen molar-refractivity contribution in [3.8, 4) is 0 Å². The van der Waals surface area contributed by atoms with Gasteiger partial charge in [-0.2, -0.15) is 0 Å². The molecule has 0 aliphatic rings. The third kappa shape index (κ3) is 9.65. The summed E-state index contributed by atoms with van der Waals surface area (Å²) in [6, 6.07) is 0. The number of hydrogen-bond donors (Lipinski definition) is 0. The average molecular weight is 397 g/mol. The average Bonchev–Trinajstić information content (AvgIpc) is 2.58. The fraction of sp³-hybridized carbons (Fsp3) is 0.900. The molecular formula is C20H38MnO4. The van der Waals surface area contributed by atoms with Crippen LogP contribution in [0.3, 0.4) is 0 Å². The molecule has 0 spiro atoms. The molecule has 0 unspecified atom stereocenters. The van der Waals surface area contributed by atoms with Crippen LogP contribution < -0.4 is 10.2 Å². The second-order valence-electron chi connectivity index (χ2n) is 6.76. The van der Waals surface area contributed by atoms with Crippen LogP contribution in [0.15, 0.2) is 0 Å². The Labute approximate surface area is 165 Å². The van der Waals surface area contributed by atoms with E-state index in [4.69, 9.17) is 0 Å². The summed E-state index contributed by atoms with van der Waals surface area (Å²) in [5.74, 6) is -1.75. The monoisotopic (exact) mass is 397 g/mol. The molecule has 0 rings (SSSR count). The number of carboxylic acids is 2. The van der Waals surface area contributed by atoms with Crippen LogP contribution in [0.5, 0.6) is 0 Å². The minimum Gasteiger partial charge on any atom is -0.550 e. The van der Waals surface area contributed by atoms with E-state index < -0.39 is 22.8 Å². The maximum absolute atomic E-state index is 10.9. The van der Waals surface area contributed by atoms with Gasteiger partial charge in [0, 0.05) is 22.8 Å². The SMILES string of the molecule is CCCCC(CC)(CC)C(=O)[O-].CCCCC(CC)(CC)C(=O)[O-].[Mn+2]. The van der Waals surface area contributed by atoms with Gasteiger partial charge in [-0.1, -0.05) is 67.2 Å². The number of unbranched alkanes of at least 4 members (excludes halogenated alkanes) is 2. The summed E-state index contributed by atoms with van der Waals surface area (Å²) < 4.78 is 0. The molecule has 0 aromatic heterocycles. The van der Waals surface area contributed by atoms with Gasteiger partial charge in [0.15, 0.2) is 0 Å². The van der Waals surface area contributed by atoms with Crippen LogP contribution in [0.1, 0.15) is 106 Å². The Morgan fingerprint density at radius 1 is 0.640 bits per heavy atom. The van der Waals surface area contributed by atoms with Crippen molar-refractivity contribution in [1.29, 1.82) is 0 Å². The third-order valence-electron chi connectivity index (χ3n) is 5.59. The quantitative estimate of drug-likeness (QED) is 0.472. The van der Waals surface area contributed by atoms with Gasteiger partial charge in [-0.15, -0.1) is 0 Å². The third-order valence-corrected chi connectivity index (χ3v) is 5.59. The fourth-order valence-electron chi connectivity index (χ4n) is 3.02. The molecule has 0 bridgehead atoms. The zero-order valence-corrected chi connectivity index (χ0v) is 18.3. The number of aliphatic carboxylic acids is 2. The molecule has 1 radical (unpaired) electrons. The molecule has 5 heteroatoms. The van der Waals surface area contributed by atoms with Crippen molar-refractivity contribution in [2.24, 2.45) is 10.8 Å². The Morgan fingerprint density at radius 2 is 0.880 bits per heavy atom. The van der Waals surface area contributed by atoms with Crippen molar-refractivity contribution in [1.82, 2.24) is 0 Å². The Bertz CT molecular complexity index is 314. The molecule has 0 aliphatic carbocycles. The van der Waals surface area contributed by atoms with E-state index in [0.717, 1.165) is 38.5 Å². The molecular weight excluding hydrogens is 359 g/mol. The molecule has 0 aliphatic heterocycles. The summed E-state index contributed by atoms with van der Waals surface area (Å²) in [6.45, 7) is 11.9. The zero-order valence-electron chi connectivity index (χ0n) is 17.1. The van der Waals surface area contributed by atoms with Gasteiger partial charge in [-0.25, -0.2) is 0 Å². The first kappa shape index (κ1) is 29.2. The Balaban J connectivity index is -0.000000372. The van der Waals surface area contributed by atoms with Crippen molar-refractivity contribution < 1.29 is 36.9 Å². The van der Waals surface area contributed by atoms with Crippen molar-refractivity contribution in [3.63, 3.8) is 0 Å². The molecule has 0 aromatic rings. The number of carbonyl (C=O) groups is 2. The van der Waals surface area contributed by atoms with E-state index in [1.807, 2.05) is 27.7 Å². The summed E-state index contributed by atoms with van der Waals surface area (Å²) in [5, 5.41) is 21.8. The van der Waals surface area contributed by atoms with E-state index in [1.165, 1.54) is 0 Å². The first-order valence-electron chi connectivity index (χ1n) is 9.68. The van der Waals surface area contributed by atoms with Crippen molar-refractivity contribution in [2.45, 2.75) is 106 Å². The zero-order chi connectivity index (χ0) is 19.2. The van der Waals surface area contributed by atoms with Crippen molar-refractivity contribution in [2.75, 3.05) is 0 Å². The van der Waals surface area contributed by atoms with Crippen LogP contribution in [0, 0.1) is 10.8 Å². The minimum atomic E-state index is -0.874. The molecule has 0 saturated carbocycles. The summed E-state index contributed by atoms with van der Waals surface area (Å²) in [4.78, 5) is 21.8. The molecule has 0 atom stereocenters. The molecule has 0 aromatic carbocycles. The van der Waals surface area contributed by atoms with Crippen LogP contribution in [0.4, 0.5) is 0 Å². The molecule has 0 amide bonds. The smallest absolute Gasteiger partial charge is 0.550 e. The maximum atomic E-state index is 10.9. The molecule has 0 N–H and O–H groups in total. The van der Waals surface area contributed by atoms with Gasteiger partial charge in [0.2, 0.25) is 0 Å². The predicted octanol–water partition coefficient (Wildman–Crippen LogP) is 3.46. The molecule has 25 heavy (non-hydrogen) atoms. The summed E-state index contributed by atoms with van der Waals surface area (Å²) in [6.07, 6.45) is 8.34. The van der Waals surface area contributed by atoms with E-state index in [9.17, 15) is 19.8 Å². The summed E-state index contributed by atoms with van der Waals surface area (Å²) in [7, 11) is 0. The molecule has 4 nitrogen and oxygen atoms in total. The van der Waals surface area contributed by atoms with E-state index in [1.54, 1.807) is 0 Å². The number of hydrogen-bond acceptors (Lipinski definition) is 4. The van der Waals surface area contributed by atoms with Gasteiger partial charge in [-0.3, -0.25) is 0 Å². The molecule has 0 fully saturated rings. The van der Waals surface area contributed by atoms with Crippen LogP contribution in [0.2, 0.25) is 0 Å². The van der Waals surface area contributed by atoms with E-state index in [-0.39, 0.29) is 17.1 Å². The Kier molecular flexibility index (Phi) is 18.4.